The normalized spacial score (nSPS) is 17.9. The second-order valence-corrected chi connectivity index (χ2v) is 7.22. The van der Waals surface area contributed by atoms with Crippen LogP contribution in [0.2, 0.25) is 0 Å². The number of fused-ring (bicyclic) bond motifs is 1. The van der Waals surface area contributed by atoms with Gasteiger partial charge >= 0.3 is 0 Å². The molecule has 1 unspecified atom stereocenters. The van der Waals surface area contributed by atoms with Gasteiger partial charge in [0.25, 0.3) is 0 Å². The minimum Gasteiger partial charge on any atom is -0.487 e. The number of para-hydroxylation sites is 2. The minimum absolute atomic E-state index is 0.246. The molecule has 25 heavy (non-hydrogen) atoms. The predicted octanol–water partition coefficient (Wildman–Crippen LogP) is 4.22. The molecule has 2 aromatic heterocycles. The summed E-state index contributed by atoms with van der Waals surface area (Å²) in [6.45, 7) is 7.47. The molecule has 4 rings (SSSR count). The summed E-state index contributed by atoms with van der Waals surface area (Å²) in [4.78, 5) is 12.2. The van der Waals surface area contributed by atoms with Crippen LogP contribution in [0.1, 0.15) is 18.9 Å². The summed E-state index contributed by atoms with van der Waals surface area (Å²) in [6, 6.07) is 8.09. The highest BCUT2D eigenvalue weighted by molar-refractivity contribution is 7.17. The molecule has 0 spiro atoms. The van der Waals surface area contributed by atoms with Gasteiger partial charge in [-0.1, -0.05) is 19.1 Å². The van der Waals surface area contributed by atoms with Crippen LogP contribution in [0.5, 0.6) is 5.75 Å². The fourth-order valence-corrected chi connectivity index (χ4v) is 4.16. The number of aromatic nitrogens is 2. The van der Waals surface area contributed by atoms with Crippen LogP contribution in [0.15, 0.2) is 36.0 Å². The van der Waals surface area contributed by atoms with Gasteiger partial charge < -0.3 is 10.1 Å². The van der Waals surface area contributed by atoms with Gasteiger partial charge in [-0.05, 0) is 43.0 Å². The van der Waals surface area contributed by atoms with E-state index < -0.39 is 0 Å². The average Bonchev–Trinajstić information content (AvgIpc) is 3.24. The van der Waals surface area contributed by atoms with Gasteiger partial charge in [-0.25, -0.2) is 9.97 Å². The Labute approximate surface area is 151 Å². The van der Waals surface area contributed by atoms with Gasteiger partial charge in [-0.3, -0.25) is 4.90 Å². The van der Waals surface area contributed by atoms with Crippen molar-refractivity contribution in [3.8, 4) is 5.75 Å². The van der Waals surface area contributed by atoms with E-state index in [4.69, 9.17) is 4.74 Å². The highest BCUT2D eigenvalue weighted by atomic mass is 32.1. The number of nitrogens with one attached hydrogen (secondary N) is 1. The average molecular weight is 354 g/mol. The van der Waals surface area contributed by atoms with Crippen LogP contribution in [0.25, 0.3) is 10.2 Å². The molecule has 0 saturated carbocycles. The van der Waals surface area contributed by atoms with Gasteiger partial charge in [0.05, 0.1) is 11.1 Å². The third-order valence-corrected chi connectivity index (χ3v) is 5.67. The Morgan fingerprint density at radius 2 is 2.20 bits per heavy atom. The highest BCUT2D eigenvalue weighted by Crippen LogP contribution is 2.34. The Hall–Kier alpha value is -2.18. The Morgan fingerprint density at radius 3 is 3.04 bits per heavy atom. The van der Waals surface area contributed by atoms with Crippen LogP contribution in [0.3, 0.4) is 0 Å². The third kappa shape index (κ3) is 3.32. The number of anilines is 2. The van der Waals surface area contributed by atoms with Crippen LogP contribution in [-0.4, -0.2) is 40.6 Å². The molecule has 3 aromatic rings. The second kappa shape index (κ2) is 6.98. The van der Waals surface area contributed by atoms with Crippen molar-refractivity contribution < 1.29 is 4.74 Å². The van der Waals surface area contributed by atoms with E-state index in [1.807, 2.05) is 24.3 Å². The van der Waals surface area contributed by atoms with Gasteiger partial charge in [-0.2, -0.15) is 0 Å². The summed E-state index contributed by atoms with van der Waals surface area (Å²) in [5.41, 5.74) is 2.14. The number of hydrogen-bond donors (Lipinski definition) is 1. The molecular weight excluding hydrogens is 332 g/mol. The summed E-state index contributed by atoms with van der Waals surface area (Å²) >= 11 is 1.64. The van der Waals surface area contributed by atoms with E-state index in [2.05, 4.69) is 39.4 Å². The van der Waals surface area contributed by atoms with Gasteiger partial charge in [-0.15, -0.1) is 11.3 Å². The van der Waals surface area contributed by atoms with Crippen LogP contribution >= 0.6 is 11.3 Å². The zero-order valence-corrected chi connectivity index (χ0v) is 15.3. The molecule has 1 saturated heterocycles. The Kier molecular flexibility index (Phi) is 4.55. The number of hydrogen-bond acceptors (Lipinski definition) is 6. The molecule has 0 aliphatic carbocycles. The van der Waals surface area contributed by atoms with Crippen LogP contribution in [-0.2, 0) is 0 Å². The fraction of sp³-hybridized carbons (Fsp3) is 0.368. The molecule has 1 aliphatic heterocycles. The summed E-state index contributed by atoms with van der Waals surface area (Å²) in [5, 5.41) is 6.66. The molecule has 130 valence electrons. The molecule has 1 fully saturated rings. The Balaban J connectivity index is 1.60. The lowest BCUT2D eigenvalue weighted by Crippen LogP contribution is -2.24. The molecule has 5 nitrogen and oxygen atoms in total. The zero-order valence-electron chi connectivity index (χ0n) is 14.5. The topological polar surface area (TPSA) is 50.3 Å². The number of rotatable bonds is 5. The summed E-state index contributed by atoms with van der Waals surface area (Å²) in [7, 11) is 0. The van der Waals surface area contributed by atoms with Crippen molar-refractivity contribution in [3.05, 3.63) is 41.5 Å². The van der Waals surface area contributed by atoms with Gasteiger partial charge in [0, 0.05) is 13.1 Å². The van der Waals surface area contributed by atoms with E-state index in [1.54, 1.807) is 17.7 Å². The van der Waals surface area contributed by atoms with Crippen LogP contribution in [0, 0.1) is 6.92 Å². The standard InChI is InChI=1S/C19H22N4OS/c1-3-23-9-8-14(10-23)24-16-7-5-4-6-15(16)22-18-17-13(2)11-25-19(17)21-12-20-18/h4-7,11-12,14H,3,8-10H2,1-2H3,(H,20,21,22). The maximum absolute atomic E-state index is 6.29. The van der Waals surface area contributed by atoms with E-state index in [1.165, 1.54) is 5.56 Å². The first-order valence-electron chi connectivity index (χ1n) is 8.68. The third-order valence-electron chi connectivity index (χ3n) is 4.66. The van der Waals surface area contributed by atoms with E-state index in [9.17, 15) is 0 Å². The highest BCUT2D eigenvalue weighted by Gasteiger charge is 2.23. The van der Waals surface area contributed by atoms with E-state index >= 15 is 0 Å². The van der Waals surface area contributed by atoms with E-state index in [0.29, 0.717) is 0 Å². The SMILES string of the molecule is CCN1CCC(Oc2ccccc2Nc2ncnc3scc(C)c23)C1. The molecule has 1 N–H and O–H groups in total. The molecule has 1 aromatic carbocycles. The number of ether oxygens (including phenoxy) is 1. The Morgan fingerprint density at radius 1 is 1.32 bits per heavy atom. The molecule has 0 bridgehead atoms. The largest absolute Gasteiger partial charge is 0.487 e. The quantitative estimate of drug-likeness (QED) is 0.743. The first-order chi connectivity index (χ1) is 12.2. The molecule has 3 heterocycles. The van der Waals surface area contributed by atoms with Crippen LogP contribution in [0.4, 0.5) is 11.5 Å². The van der Waals surface area contributed by atoms with Gasteiger partial charge in [0.2, 0.25) is 0 Å². The second-order valence-electron chi connectivity index (χ2n) is 6.36. The number of aryl methyl sites for hydroxylation is 1. The number of benzene rings is 1. The number of thiophene rings is 1. The van der Waals surface area contributed by atoms with Crippen molar-refractivity contribution in [2.75, 3.05) is 25.0 Å². The molecular formula is C19H22N4OS. The van der Waals surface area contributed by atoms with Gasteiger partial charge in [0.15, 0.2) is 0 Å². The van der Waals surface area contributed by atoms with Crippen molar-refractivity contribution in [2.24, 2.45) is 0 Å². The first-order valence-corrected chi connectivity index (χ1v) is 9.56. The maximum atomic E-state index is 6.29. The van der Waals surface area contributed by atoms with Crippen molar-refractivity contribution >= 4 is 33.1 Å². The van der Waals surface area contributed by atoms with Crippen LogP contribution < -0.4 is 10.1 Å². The fourth-order valence-electron chi connectivity index (χ4n) is 3.27. The van der Waals surface area contributed by atoms with Crippen molar-refractivity contribution in [1.82, 2.24) is 14.9 Å². The number of likely N-dealkylation sites (tertiary alicyclic amines) is 1. The van der Waals surface area contributed by atoms with Gasteiger partial charge in [0.1, 0.15) is 28.8 Å². The first kappa shape index (κ1) is 16.3. The van der Waals surface area contributed by atoms with Crippen molar-refractivity contribution in [3.63, 3.8) is 0 Å². The lowest BCUT2D eigenvalue weighted by Gasteiger charge is -2.18. The molecule has 0 radical (unpaired) electrons. The van der Waals surface area contributed by atoms with E-state index in [-0.39, 0.29) is 6.10 Å². The molecule has 6 heteroatoms. The lowest BCUT2D eigenvalue weighted by atomic mass is 10.2. The summed E-state index contributed by atoms with van der Waals surface area (Å²) in [5.74, 6) is 1.71. The smallest absolute Gasteiger partial charge is 0.143 e. The zero-order chi connectivity index (χ0) is 17.2. The summed E-state index contributed by atoms with van der Waals surface area (Å²) in [6.07, 6.45) is 2.93. The maximum Gasteiger partial charge on any atom is 0.143 e. The van der Waals surface area contributed by atoms with Crippen molar-refractivity contribution in [1.29, 1.82) is 0 Å². The lowest BCUT2D eigenvalue weighted by molar-refractivity contribution is 0.203. The number of nitrogens with zero attached hydrogens (tertiary/aromatic N) is 3. The van der Waals surface area contributed by atoms with E-state index in [0.717, 1.165) is 53.5 Å². The summed E-state index contributed by atoms with van der Waals surface area (Å²) < 4.78 is 6.29. The predicted molar refractivity (Wildman–Crippen MR) is 103 cm³/mol. The monoisotopic (exact) mass is 354 g/mol. The number of likely N-dealkylation sites (N-methyl/N-ethyl adjacent to an activating group) is 1. The molecule has 0 amide bonds. The Bertz CT molecular complexity index is 879. The molecule has 1 aliphatic rings. The minimum atomic E-state index is 0.246. The van der Waals surface area contributed by atoms with Crippen molar-refractivity contribution in [2.45, 2.75) is 26.4 Å². The molecule has 1 atom stereocenters.